The molecule has 94 valence electrons. The molecule has 1 aromatic carbocycles. The SMILES string of the molecule is FC(F)c1ccc(CNc2cccc(Cl)n2)cc1. The van der Waals surface area contributed by atoms with Crippen molar-refractivity contribution in [2.75, 3.05) is 5.32 Å². The third-order valence-electron chi connectivity index (χ3n) is 2.42. The van der Waals surface area contributed by atoms with Crippen LogP contribution in [-0.2, 0) is 6.54 Å². The fraction of sp³-hybridized carbons (Fsp3) is 0.154. The Labute approximate surface area is 109 Å². The van der Waals surface area contributed by atoms with Crippen LogP contribution in [0.15, 0.2) is 42.5 Å². The Morgan fingerprint density at radius 3 is 2.44 bits per heavy atom. The van der Waals surface area contributed by atoms with Crippen LogP contribution in [-0.4, -0.2) is 4.98 Å². The van der Waals surface area contributed by atoms with Gasteiger partial charge in [-0.05, 0) is 17.7 Å². The number of hydrogen-bond donors (Lipinski definition) is 1. The largest absolute Gasteiger partial charge is 0.366 e. The van der Waals surface area contributed by atoms with Gasteiger partial charge in [0.15, 0.2) is 0 Å². The molecule has 2 rings (SSSR count). The fourth-order valence-corrected chi connectivity index (χ4v) is 1.64. The lowest BCUT2D eigenvalue weighted by Gasteiger charge is -2.06. The molecule has 0 fully saturated rings. The van der Waals surface area contributed by atoms with Crippen molar-refractivity contribution in [3.8, 4) is 0 Å². The minimum Gasteiger partial charge on any atom is -0.366 e. The van der Waals surface area contributed by atoms with Gasteiger partial charge in [0.25, 0.3) is 6.43 Å². The van der Waals surface area contributed by atoms with Crippen molar-refractivity contribution in [2.45, 2.75) is 13.0 Å². The average molecular weight is 269 g/mol. The molecule has 5 heteroatoms. The molecule has 0 bridgehead atoms. The summed E-state index contributed by atoms with van der Waals surface area (Å²) in [6.45, 7) is 0.511. The Kier molecular flexibility index (Phi) is 4.10. The zero-order chi connectivity index (χ0) is 13.0. The van der Waals surface area contributed by atoms with E-state index in [0.717, 1.165) is 5.56 Å². The zero-order valence-electron chi connectivity index (χ0n) is 9.41. The smallest absolute Gasteiger partial charge is 0.263 e. The van der Waals surface area contributed by atoms with E-state index in [1.54, 1.807) is 30.3 Å². The first-order chi connectivity index (χ1) is 8.65. The van der Waals surface area contributed by atoms with E-state index in [-0.39, 0.29) is 5.56 Å². The molecular formula is C13H11ClF2N2. The highest BCUT2D eigenvalue weighted by Gasteiger charge is 2.05. The monoisotopic (exact) mass is 268 g/mol. The van der Waals surface area contributed by atoms with E-state index >= 15 is 0 Å². The third-order valence-corrected chi connectivity index (χ3v) is 2.63. The number of rotatable bonds is 4. The van der Waals surface area contributed by atoms with E-state index < -0.39 is 6.43 Å². The third kappa shape index (κ3) is 3.40. The van der Waals surface area contributed by atoms with Gasteiger partial charge >= 0.3 is 0 Å². The summed E-state index contributed by atoms with van der Waals surface area (Å²) in [5.41, 5.74) is 0.931. The van der Waals surface area contributed by atoms with Crippen LogP contribution < -0.4 is 5.32 Å². The van der Waals surface area contributed by atoms with Gasteiger partial charge in [0.2, 0.25) is 0 Å². The number of pyridine rings is 1. The van der Waals surface area contributed by atoms with Crippen molar-refractivity contribution in [2.24, 2.45) is 0 Å². The highest BCUT2D eigenvalue weighted by atomic mass is 35.5. The second kappa shape index (κ2) is 5.78. The highest BCUT2D eigenvalue weighted by Crippen LogP contribution is 2.19. The Bertz CT molecular complexity index is 515. The van der Waals surface area contributed by atoms with Gasteiger partial charge in [-0.15, -0.1) is 0 Å². The molecule has 0 radical (unpaired) electrons. The summed E-state index contributed by atoms with van der Waals surface area (Å²) in [5.74, 6) is 0.653. The number of nitrogens with zero attached hydrogens (tertiary/aromatic N) is 1. The molecule has 0 saturated heterocycles. The van der Waals surface area contributed by atoms with Crippen molar-refractivity contribution >= 4 is 17.4 Å². The number of alkyl halides is 2. The molecule has 0 aliphatic rings. The van der Waals surface area contributed by atoms with E-state index in [2.05, 4.69) is 10.3 Å². The molecule has 0 unspecified atom stereocenters. The highest BCUT2D eigenvalue weighted by molar-refractivity contribution is 6.29. The summed E-state index contributed by atoms with van der Waals surface area (Å²) in [6.07, 6.45) is -2.43. The predicted molar refractivity (Wildman–Crippen MR) is 68.0 cm³/mol. The van der Waals surface area contributed by atoms with Crippen LogP contribution in [0.5, 0.6) is 0 Å². The van der Waals surface area contributed by atoms with Crippen LogP contribution >= 0.6 is 11.6 Å². The molecule has 0 aliphatic carbocycles. The van der Waals surface area contributed by atoms with Crippen LogP contribution in [0.4, 0.5) is 14.6 Å². The summed E-state index contributed by atoms with van der Waals surface area (Å²) in [5, 5.41) is 3.48. The zero-order valence-corrected chi connectivity index (χ0v) is 10.2. The lowest BCUT2D eigenvalue weighted by molar-refractivity contribution is 0.151. The molecule has 1 aromatic heterocycles. The molecule has 1 heterocycles. The molecule has 2 nitrogen and oxygen atoms in total. The van der Waals surface area contributed by atoms with E-state index in [1.165, 1.54) is 12.1 Å². The van der Waals surface area contributed by atoms with Crippen LogP contribution in [0, 0.1) is 0 Å². The normalized spacial score (nSPS) is 10.7. The first-order valence-corrected chi connectivity index (χ1v) is 5.76. The Morgan fingerprint density at radius 1 is 1.11 bits per heavy atom. The minimum absolute atomic E-state index is 0.0274. The van der Waals surface area contributed by atoms with Crippen molar-refractivity contribution < 1.29 is 8.78 Å². The number of nitrogens with one attached hydrogen (secondary N) is 1. The Balaban J connectivity index is 1.98. The minimum atomic E-state index is -2.43. The summed E-state index contributed by atoms with van der Waals surface area (Å²) >= 11 is 5.75. The summed E-state index contributed by atoms with van der Waals surface area (Å²) in [6, 6.07) is 11.4. The number of benzene rings is 1. The second-order valence-electron chi connectivity index (χ2n) is 3.74. The maximum Gasteiger partial charge on any atom is 0.263 e. The first kappa shape index (κ1) is 12.8. The van der Waals surface area contributed by atoms with Gasteiger partial charge in [-0.25, -0.2) is 13.8 Å². The van der Waals surface area contributed by atoms with Crippen molar-refractivity contribution in [1.82, 2.24) is 4.98 Å². The van der Waals surface area contributed by atoms with Crippen molar-refractivity contribution in [1.29, 1.82) is 0 Å². The molecule has 0 aliphatic heterocycles. The maximum absolute atomic E-state index is 12.4. The standard InChI is InChI=1S/C13H11ClF2N2/c14-11-2-1-3-12(18-11)17-8-9-4-6-10(7-5-9)13(15)16/h1-7,13H,8H2,(H,17,18). The van der Waals surface area contributed by atoms with Crippen LogP contribution in [0.2, 0.25) is 5.15 Å². The molecule has 0 amide bonds. The summed E-state index contributed by atoms with van der Waals surface area (Å²) in [4.78, 5) is 4.07. The Hall–Kier alpha value is -1.68. The van der Waals surface area contributed by atoms with E-state index in [9.17, 15) is 8.78 Å². The number of halogens is 3. The van der Waals surface area contributed by atoms with Gasteiger partial charge in [-0.2, -0.15) is 0 Å². The van der Waals surface area contributed by atoms with Crippen molar-refractivity contribution in [3.05, 3.63) is 58.7 Å². The molecule has 0 saturated carbocycles. The fourth-order valence-electron chi connectivity index (χ4n) is 1.48. The van der Waals surface area contributed by atoms with Crippen LogP contribution in [0.3, 0.4) is 0 Å². The van der Waals surface area contributed by atoms with E-state index in [1.807, 2.05) is 0 Å². The number of anilines is 1. The lowest BCUT2D eigenvalue weighted by atomic mass is 10.1. The quantitative estimate of drug-likeness (QED) is 0.837. The van der Waals surface area contributed by atoms with Crippen LogP contribution in [0.1, 0.15) is 17.6 Å². The van der Waals surface area contributed by atoms with Crippen LogP contribution in [0.25, 0.3) is 0 Å². The molecule has 18 heavy (non-hydrogen) atoms. The molecule has 1 N–H and O–H groups in total. The maximum atomic E-state index is 12.4. The average Bonchev–Trinajstić information content (AvgIpc) is 2.37. The lowest BCUT2D eigenvalue weighted by Crippen LogP contribution is -2.01. The van der Waals surface area contributed by atoms with Gasteiger partial charge in [-0.3, -0.25) is 0 Å². The second-order valence-corrected chi connectivity index (χ2v) is 4.13. The van der Waals surface area contributed by atoms with Crippen molar-refractivity contribution in [3.63, 3.8) is 0 Å². The molecule has 0 spiro atoms. The topological polar surface area (TPSA) is 24.9 Å². The molecule has 2 aromatic rings. The summed E-state index contributed by atoms with van der Waals surface area (Å²) in [7, 11) is 0. The van der Waals surface area contributed by atoms with E-state index in [4.69, 9.17) is 11.6 Å². The summed E-state index contributed by atoms with van der Waals surface area (Å²) < 4.78 is 24.7. The Morgan fingerprint density at radius 2 is 1.83 bits per heavy atom. The first-order valence-electron chi connectivity index (χ1n) is 5.38. The number of aromatic nitrogens is 1. The van der Waals surface area contributed by atoms with Gasteiger partial charge < -0.3 is 5.32 Å². The molecular weight excluding hydrogens is 258 g/mol. The predicted octanol–water partition coefficient (Wildman–Crippen LogP) is 4.28. The number of hydrogen-bond acceptors (Lipinski definition) is 2. The van der Waals surface area contributed by atoms with E-state index in [0.29, 0.717) is 17.5 Å². The van der Waals surface area contributed by atoms with Gasteiger partial charge in [0.1, 0.15) is 11.0 Å². The van der Waals surface area contributed by atoms with Gasteiger partial charge in [0, 0.05) is 12.1 Å². The van der Waals surface area contributed by atoms with Gasteiger partial charge in [-0.1, -0.05) is 41.9 Å². The van der Waals surface area contributed by atoms with Gasteiger partial charge in [0.05, 0.1) is 0 Å². The molecule has 0 atom stereocenters.